The minimum Gasteiger partial charge on any atom is -0.253 e. The zero-order valence-electron chi connectivity index (χ0n) is 7.83. The highest BCUT2D eigenvalue weighted by Gasteiger charge is 2.36. The van der Waals surface area contributed by atoms with Gasteiger partial charge in [-0.3, -0.25) is 4.68 Å². The number of aryl methyl sites for hydroxylation is 1. The van der Waals surface area contributed by atoms with Crippen molar-refractivity contribution in [1.29, 1.82) is 0 Å². The van der Waals surface area contributed by atoms with E-state index in [-0.39, 0.29) is 0 Å². The van der Waals surface area contributed by atoms with Gasteiger partial charge in [-0.25, -0.2) is 4.98 Å². The summed E-state index contributed by atoms with van der Waals surface area (Å²) in [6.45, 7) is 0. The summed E-state index contributed by atoms with van der Waals surface area (Å²) in [4.78, 5) is 4.26. The maximum Gasteiger partial charge on any atom is 0.138 e. The molecule has 0 spiro atoms. The monoisotopic (exact) mass is 243 g/mol. The highest BCUT2D eigenvalue weighted by atomic mass is 79.9. The zero-order chi connectivity index (χ0) is 9.31. The average Bonchev–Trinajstić information content (AvgIpc) is 2.44. The molecule has 4 heteroatoms. The van der Waals surface area contributed by atoms with E-state index in [1.807, 2.05) is 11.7 Å². The number of alkyl halides is 1. The van der Waals surface area contributed by atoms with E-state index in [1.165, 1.54) is 19.3 Å². The fourth-order valence-electron chi connectivity index (χ4n) is 1.85. The molecule has 0 aliphatic heterocycles. The molecular weight excluding hydrogens is 230 g/mol. The van der Waals surface area contributed by atoms with Gasteiger partial charge in [0.25, 0.3) is 0 Å². The summed E-state index contributed by atoms with van der Waals surface area (Å²) in [5.74, 6) is 1.11. The van der Waals surface area contributed by atoms with Gasteiger partial charge in [-0.05, 0) is 18.3 Å². The van der Waals surface area contributed by atoms with Crippen LogP contribution in [0.2, 0.25) is 0 Å². The maximum atomic E-state index is 4.26. The summed E-state index contributed by atoms with van der Waals surface area (Å²) in [7, 11) is 1.96. The van der Waals surface area contributed by atoms with Crippen LogP contribution in [0, 0.1) is 5.41 Å². The van der Waals surface area contributed by atoms with Crippen molar-refractivity contribution >= 4 is 15.9 Å². The van der Waals surface area contributed by atoms with Gasteiger partial charge in [0.2, 0.25) is 0 Å². The largest absolute Gasteiger partial charge is 0.253 e. The highest BCUT2D eigenvalue weighted by molar-refractivity contribution is 9.09. The quantitative estimate of drug-likeness (QED) is 0.760. The Bertz CT molecular complexity index is 285. The predicted molar refractivity (Wildman–Crippen MR) is 54.8 cm³/mol. The van der Waals surface area contributed by atoms with Crippen LogP contribution in [0.1, 0.15) is 25.1 Å². The first-order valence-corrected chi connectivity index (χ1v) is 5.77. The Hall–Kier alpha value is -0.380. The Morgan fingerprint density at radius 2 is 2.38 bits per heavy atom. The minimum absolute atomic E-state index is 0.473. The number of rotatable bonds is 3. The molecule has 0 atom stereocenters. The summed E-state index contributed by atoms with van der Waals surface area (Å²) in [6.07, 6.45) is 6.71. The predicted octanol–water partition coefficient (Wildman–Crippen LogP) is 1.92. The standard InChI is InChI=1S/C9H14BrN3/c1-13-8(11-7-12-13)5-9(6-10)3-2-4-9/h7H,2-6H2,1H3. The van der Waals surface area contributed by atoms with Crippen molar-refractivity contribution in [2.24, 2.45) is 12.5 Å². The highest BCUT2D eigenvalue weighted by Crippen LogP contribution is 2.44. The Morgan fingerprint density at radius 3 is 2.77 bits per heavy atom. The van der Waals surface area contributed by atoms with Gasteiger partial charge in [0, 0.05) is 18.8 Å². The van der Waals surface area contributed by atoms with E-state index < -0.39 is 0 Å². The van der Waals surface area contributed by atoms with Crippen LogP contribution < -0.4 is 0 Å². The molecule has 0 radical (unpaired) electrons. The van der Waals surface area contributed by atoms with Crippen molar-refractivity contribution in [2.75, 3.05) is 5.33 Å². The normalized spacial score (nSPS) is 19.8. The number of hydrogen-bond donors (Lipinski definition) is 0. The van der Waals surface area contributed by atoms with Crippen LogP contribution in [0.3, 0.4) is 0 Å². The van der Waals surface area contributed by atoms with Crippen LogP contribution >= 0.6 is 15.9 Å². The van der Waals surface area contributed by atoms with E-state index in [0.29, 0.717) is 5.41 Å². The van der Waals surface area contributed by atoms with Gasteiger partial charge in [0.15, 0.2) is 0 Å². The fraction of sp³-hybridized carbons (Fsp3) is 0.778. The van der Waals surface area contributed by atoms with Crippen LogP contribution in [0.5, 0.6) is 0 Å². The second-order valence-corrected chi connectivity index (χ2v) is 4.52. The van der Waals surface area contributed by atoms with E-state index in [4.69, 9.17) is 0 Å². The molecule has 0 bridgehead atoms. The Balaban J connectivity index is 2.08. The first kappa shape index (κ1) is 9.19. The molecule has 0 N–H and O–H groups in total. The van der Waals surface area contributed by atoms with Gasteiger partial charge in [-0.15, -0.1) is 0 Å². The molecule has 1 aromatic heterocycles. The third kappa shape index (κ3) is 1.64. The topological polar surface area (TPSA) is 30.7 Å². The van der Waals surface area contributed by atoms with Crippen LogP contribution in [0.25, 0.3) is 0 Å². The van der Waals surface area contributed by atoms with Crippen LogP contribution in [-0.4, -0.2) is 20.1 Å². The van der Waals surface area contributed by atoms with E-state index >= 15 is 0 Å². The van der Waals surface area contributed by atoms with Gasteiger partial charge < -0.3 is 0 Å². The summed E-state index contributed by atoms with van der Waals surface area (Å²) in [5.41, 5.74) is 0.473. The number of aromatic nitrogens is 3. The lowest BCUT2D eigenvalue weighted by atomic mass is 9.68. The lowest BCUT2D eigenvalue weighted by Gasteiger charge is -2.40. The second-order valence-electron chi connectivity index (χ2n) is 3.96. The van der Waals surface area contributed by atoms with Gasteiger partial charge in [-0.2, -0.15) is 5.10 Å². The van der Waals surface area contributed by atoms with E-state index in [0.717, 1.165) is 17.6 Å². The van der Waals surface area contributed by atoms with Crippen molar-refractivity contribution in [1.82, 2.24) is 14.8 Å². The molecule has 72 valence electrons. The van der Waals surface area contributed by atoms with E-state index in [2.05, 4.69) is 26.0 Å². The minimum atomic E-state index is 0.473. The smallest absolute Gasteiger partial charge is 0.138 e. The summed E-state index contributed by atoms with van der Waals surface area (Å²) >= 11 is 3.60. The van der Waals surface area contributed by atoms with Crippen molar-refractivity contribution in [3.05, 3.63) is 12.2 Å². The molecule has 2 rings (SSSR count). The average molecular weight is 244 g/mol. The van der Waals surface area contributed by atoms with Gasteiger partial charge >= 0.3 is 0 Å². The molecule has 0 amide bonds. The SMILES string of the molecule is Cn1ncnc1CC1(CBr)CCC1. The molecule has 1 heterocycles. The molecular formula is C9H14BrN3. The second kappa shape index (κ2) is 3.40. The molecule has 1 aliphatic carbocycles. The molecule has 1 aliphatic rings. The molecule has 3 nitrogen and oxygen atoms in total. The Kier molecular flexibility index (Phi) is 2.41. The third-order valence-electron chi connectivity index (χ3n) is 3.04. The lowest BCUT2D eigenvalue weighted by Crippen LogP contribution is -2.34. The van der Waals surface area contributed by atoms with Gasteiger partial charge in [0.1, 0.15) is 12.2 Å². The Morgan fingerprint density at radius 1 is 1.62 bits per heavy atom. The molecule has 1 saturated carbocycles. The van der Waals surface area contributed by atoms with Crippen molar-refractivity contribution in [3.8, 4) is 0 Å². The van der Waals surface area contributed by atoms with Crippen LogP contribution in [0.4, 0.5) is 0 Å². The maximum absolute atomic E-state index is 4.26. The van der Waals surface area contributed by atoms with Crippen LogP contribution in [0.15, 0.2) is 6.33 Å². The number of nitrogens with zero attached hydrogens (tertiary/aromatic N) is 3. The molecule has 1 aromatic rings. The summed E-state index contributed by atoms with van der Waals surface area (Å²) < 4.78 is 1.88. The molecule has 1 fully saturated rings. The number of halogens is 1. The van der Waals surface area contributed by atoms with Gasteiger partial charge in [-0.1, -0.05) is 22.4 Å². The zero-order valence-corrected chi connectivity index (χ0v) is 9.42. The summed E-state index contributed by atoms with van der Waals surface area (Å²) in [6, 6.07) is 0. The number of hydrogen-bond acceptors (Lipinski definition) is 2. The molecule has 13 heavy (non-hydrogen) atoms. The summed E-state index contributed by atoms with van der Waals surface area (Å²) in [5, 5.41) is 5.17. The first-order chi connectivity index (χ1) is 6.26. The Labute approximate surface area is 86.7 Å². The lowest BCUT2D eigenvalue weighted by molar-refractivity contribution is 0.164. The molecule has 0 aromatic carbocycles. The molecule has 0 unspecified atom stereocenters. The third-order valence-corrected chi connectivity index (χ3v) is 4.23. The fourth-order valence-corrected chi connectivity index (χ4v) is 2.61. The van der Waals surface area contributed by atoms with E-state index in [1.54, 1.807) is 6.33 Å². The van der Waals surface area contributed by atoms with Crippen molar-refractivity contribution < 1.29 is 0 Å². The van der Waals surface area contributed by atoms with Crippen LogP contribution in [-0.2, 0) is 13.5 Å². The molecule has 0 saturated heterocycles. The first-order valence-electron chi connectivity index (χ1n) is 4.65. The van der Waals surface area contributed by atoms with E-state index in [9.17, 15) is 0 Å². The van der Waals surface area contributed by atoms with Crippen molar-refractivity contribution in [3.63, 3.8) is 0 Å². The van der Waals surface area contributed by atoms with Crippen molar-refractivity contribution in [2.45, 2.75) is 25.7 Å². The van der Waals surface area contributed by atoms with Gasteiger partial charge in [0.05, 0.1) is 0 Å².